The molecule has 3 aromatic rings. The van der Waals surface area contributed by atoms with E-state index in [2.05, 4.69) is 10.3 Å². The summed E-state index contributed by atoms with van der Waals surface area (Å²) < 4.78 is 5.47. The molecule has 0 bridgehead atoms. The fourth-order valence-corrected chi connectivity index (χ4v) is 2.53. The topological polar surface area (TPSA) is 78.3 Å². The average Bonchev–Trinajstić information content (AvgIpc) is 2.98. The molecule has 22 heavy (non-hydrogen) atoms. The highest BCUT2D eigenvalue weighted by Gasteiger charge is 2.14. The fourth-order valence-electron chi connectivity index (χ4n) is 2.53. The number of H-pyrrole nitrogens is 1. The maximum absolute atomic E-state index is 12.3. The van der Waals surface area contributed by atoms with E-state index in [4.69, 9.17) is 4.42 Å². The second-order valence-corrected chi connectivity index (χ2v) is 5.41. The molecule has 0 unspecified atom stereocenters. The highest BCUT2D eigenvalue weighted by Crippen LogP contribution is 2.27. The van der Waals surface area contributed by atoms with Crippen molar-refractivity contribution in [2.45, 2.75) is 20.0 Å². The number of aromatic nitrogens is 1. The standard InChI is InChI=1S/C17H18N2O3/c1-10(20)9-19-12-5-6-13-11(2)16(14-4-3-7-18-14)17(21)22-15(13)8-12/h3-8,10,18-20H,9H2,1-2H3/t10-/m1/s1. The SMILES string of the molecule is Cc1c(-c2ccc[nH]2)c(=O)oc2cc(NC[C@@H](C)O)ccc12. The molecule has 2 heterocycles. The van der Waals surface area contributed by atoms with Gasteiger partial charge in [0.15, 0.2) is 0 Å². The van der Waals surface area contributed by atoms with Crippen LogP contribution in [-0.4, -0.2) is 22.7 Å². The Balaban J connectivity index is 2.09. The minimum absolute atomic E-state index is 0.361. The minimum Gasteiger partial charge on any atom is -0.422 e. The zero-order chi connectivity index (χ0) is 15.7. The van der Waals surface area contributed by atoms with Gasteiger partial charge in [0, 0.05) is 29.9 Å². The molecular weight excluding hydrogens is 280 g/mol. The summed E-state index contributed by atoms with van der Waals surface area (Å²) in [5, 5.41) is 13.3. The maximum Gasteiger partial charge on any atom is 0.345 e. The van der Waals surface area contributed by atoms with Crippen molar-refractivity contribution in [3.05, 3.63) is 52.5 Å². The lowest BCUT2D eigenvalue weighted by Gasteiger charge is -2.11. The van der Waals surface area contributed by atoms with Gasteiger partial charge in [-0.3, -0.25) is 0 Å². The van der Waals surface area contributed by atoms with Crippen molar-refractivity contribution in [3.63, 3.8) is 0 Å². The first-order valence-corrected chi connectivity index (χ1v) is 7.19. The molecule has 3 N–H and O–H groups in total. The van der Waals surface area contributed by atoms with E-state index in [-0.39, 0.29) is 5.63 Å². The molecule has 1 atom stereocenters. The second-order valence-electron chi connectivity index (χ2n) is 5.41. The quantitative estimate of drug-likeness (QED) is 0.647. The molecule has 0 aliphatic carbocycles. The van der Waals surface area contributed by atoms with Crippen molar-refractivity contribution < 1.29 is 9.52 Å². The normalized spacial score (nSPS) is 12.5. The van der Waals surface area contributed by atoms with Gasteiger partial charge in [-0.15, -0.1) is 0 Å². The Kier molecular flexibility index (Phi) is 3.73. The van der Waals surface area contributed by atoms with Crippen LogP contribution in [0.5, 0.6) is 0 Å². The molecule has 0 radical (unpaired) electrons. The molecule has 5 heteroatoms. The molecule has 0 saturated carbocycles. The zero-order valence-electron chi connectivity index (χ0n) is 12.5. The fraction of sp³-hybridized carbons (Fsp3) is 0.235. The summed E-state index contributed by atoms with van der Waals surface area (Å²) >= 11 is 0. The monoisotopic (exact) mass is 298 g/mol. The molecule has 0 saturated heterocycles. The molecule has 0 fully saturated rings. The predicted molar refractivity (Wildman–Crippen MR) is 87.2 cm³/mol. The number of aromatic amines is 1. The van der Waals surface area contributed by atoms with Gasteiger partial charge < -0.3 is 19.8 Å². The van der Waals surface area contributed by atoms with E-state index in [0.29, 0.717) is 17.7 Å². The van der Waals surface area contributed by atoms with Crippen LogP contribution >= 0.6 is 0 Å². The van der Waals surface area contributed by atoms with Crippen LogP contribution in [-0.2, 0) is 0 Å². The number of hydrogen-bond donors (Lipinski definition) is 3. The Hall–Kier alpha value is -2.53. The average molecular weight is 298 g/mol. The number of benzene rings is 1. The third-order valence-corrected chi connectivity index (χ3v) is 3.64. The van der Waals surface area contributed by atoms with Gasteiger partial charge in [0.25, 0.3) is 0 Å². The summed E-state index contributed by atoms with van der Waals surface area (Å²) in [6, 6.07) is 9.32. The van der Waals surface area contributed by atoms with Gasteiger partial charge in [-0.25, -0.2) is 4.79 Å². The number of aryl methyl sites for hydroxylation is 1. The van der Waals surface area contributed by atoms with Gasteiger partial charge in [-0.05, 0) is 43.7 Å². The molecule has 1 aromatic carbocycles. The Labute approximate surface area is 127 Å². The highest BCUT2D eigenvalue weighted by molar-refractivity contribution is 5.88. The Morgan fingerprint density at radius 3 is 2.86 bits per heavy atom. The third kappa shape index (κ3) is 2.63. The summed E-state index contributed by atoms with van der Waals surface area (Å²) in [7, 11) is 0. The number of aliphatic hydroxyl groups is 1. The Morgan fingerprint density at radius 2 is 2.18 bits per heavy atom. The predicted octanol–water partition coefficient (Wildman–Crippen LogP) is 2.89. The van der Waals surface area contributed by atoms with Crippen molar-refractivity contribution >= 4 is 16.7 Å². The first kappa shape index (κ1) is 14.4. The molecule has 3 rings (SSSR count). The molecule has 0 aliphatic rings. The lowest BCUT2D eigenvalue weighted by Crippen LogP contribution is -2.15. The van der Waals surface area contributed by atoms with Crippen LogP contribution in [0.4, 0.5) is 5.69 Å². The van der Waals surface area contributed by atoms with Crippen LogP contribution in [0.25, 0.3) is 22.2 Å². The van der Waals surface area contributed by atoms with Crippen molar-refractivity contribution in [1.82, 2.24) is 4.98 Å². The molecule has 2 aromatic heterocycles. The van der Waals surface area contributed by atoms with Crippen LogP contribution in [0, 0.1) is 6.92 Å². The Bertz CT molecular complexity index is 848. The van der Waals surface area contributed by atoms with Gasteiger partial charge in [0.1, 0.15) is 5.58 Å². The van der Waals surface area contributed by atoms with E-state index in [0.717, 1.165) is 22.3 Å². The number of aliphatic hydroxyl groups excluding tert-OH is 1. The summed E-state index contributed by atoms with van der Waals surface area (Å²) in [6.45, 7) is 4.06. The van der Waals surface area contributed by atoms with E-state index in [1.54, 1.807) is 19.2 Å². The van der Waals surface area contributed by atoms with Crippen LogP contribution < -0.4 is 10.9 Å². The van der Waals surface area contributed by atoms with Crippen LogP contribution in [0.15, 0.2) is 45.7 Å². The number of fused-ring (bicyclic) bond motifs is 1. The van der Waals surface area contributed by atoms with Crippen molar-refractivity contribution in [1.29, 1.82) is 0 Å². The third-order valence-electron chi connectivity index (χ3n) is 3.64. The molecule has 114 valence electrons. The number of anilines is 1. The van der Waals surface area contributed by atoms with E-state index in [1.165, 1.54) is 0 Å². The van der Waals surface area contributed by atoms with E-state index < -0.39 is 6.10 Å². The van der Waals surface area contributed by atoms with E-state index in [1.807, 2.05) is 31.2 Å². The van der Waals surface area contributed by atoms with Crippen LogP contribution in [0.3, 0.4) is 0 Å². The highest BCUT2D eigenvalue weighted by atomic mass is 16.4. The van der Waals surface area contributed by atoms with Crippen LogP contribution in [0.2, 0.25) is 0 Å². The van der Waals surface area contributed by atoms with Crippen molar-refractivity contribution in [2.24, 2.45) is 0 Å². The second kappa shape index (κ2) is 5.69. The number of nitrogens with one attached hydrogen (secondary N) is 2. The van der Waals surface area contributed by atoms with E-state index >= 15 is 0 Å². The zero-order valence-corrected chi connectivity index (χ0v) is 12.5. The van der Waals surface area contributed by atoms with Gasteiger partial charge >= 0.3 is 5.63 Å². The van der Waals surface area contributed by atoms with Gasteiger partial charge in [-0.2, -0.15) is 0 Å². The van der Waals surface area contributed by atoms with Crippen molar-refractivity contribution in [2.75, 3.05) is 11.9 Å². The summed E-state index contributed by atoms with van der Waals surface area (Å²) in [6.07, 6.45) is 1.33. The van der Waals surface area contributed by atoms with Crippen molar-refractivity contribution in [3.8, 4) is 11.3 Å². The minimum atomic E-state index is -0.445. The number of rotatable bonds is 4. The largest absolute Gasteiger partial charge is 0.422 e. The summed E-state index contributed by atoms with van der Waals surface area (Å²) in [4.78, 5) is 15.3. The summed E-state index contributed by atoms with van der Waals surface area (Å²) in [5.74, 6) is 0. The molecular formula is C17H18N2O3. The van der Waals surface area contributed by atoms with Gasteiger partial charge in [0.05, 0.1) is 17.4 Å². The van der Waals surface area contributed by atoms with E-state index in [9.17, 15) is 9.90 Å². The Morgan fingerprint density at radius 1 is 1.36 bits per heavy atom. The molecule has 5 nitrogen and oxygen atoms in total. The molecule has 0 spiro atoms. The molecule has 0 amide bonds. The summed E-state index contributed by atoms with van der Waals surface area (Å²) in [5.41, 5.74) is 3.18. The van der Waals surface area contributed by atoms with Gasteiger partial charge in [0.2, 0.25) is 0 Å². The first-order chi connectivity index (χ1) is 10.6. The lowest BCUT2D eigenvalue weighted by atomic mass is 10.0. The van der Waals surface area contributed by atoms with Crippen LogP contribution in [0.1, 0.15) is 12.5 Å². The van der Waals surface area contributed by atoms with Gasteiger partial charge in [-0.1, -0.05) is 0 Å². The lowest BCUT2D eigenvalue weighted by molar-refractivity contribution is 0.208. The first-order valence-electron chi connectivity index (χ1n) is 7.19. The maximum atomic E-state index is 12.3. The smallest absolute Gasteiger partial charge is 0.345 e. The number of hydrogen-bond acceptors (Lipinski definition) is 4. The molecule has 0 aliphatic heterocycles.